The van der Waals surface area contributed by atoms with Gasteiger partial charge in [0.15, 0.2) is 0 Å². The molecule has 0 fully saturated rings. The van der Waals surface area contributed by atoms with E-state index in [2.05, 4.69) is 15.5 Å². The Morgan fingerprint density at radius 3 is 2.92 bits per heavy atom. The molecule has 0 aliphatic carbocycles. The van der Waals surface area contributed by atoms with Gasteiger partial charge in [-0.1, -0.05) is 6.07 Å². The molecule has 5 heteroatoms. The SMILES string of the molecule is C/C(=N/Nc1ccccn1)C(=O)O. The van der Waals surface area contributed by atoms with Crippen LogP contribution in [0.2, 0.25) is 0 Å². The third kappa shape index (κ3) is 2.90. The van der Waals surface area contributed by atoms with Crippen molar-refractivity contribution < 1.29 is 9.90 Å². The average molecular weight is 179 g/mol. The smallest absolute Gasteiger partial charge is 0.351 e. The molecule has 0 amide bonds. The molecule has 1 aromatic rings. The van der Waals surface area contributed by atoms with Crippen LogP contribution >= 0.6 is 0 Å². The standard InChI is InChI=1S/C8H9N3O2/c1-6(8(12)13)10-11-7-4-2-3-5-9-7/h2-5H,1H3,(H,9,11)(H,12,13)/b10-6-. The maximum atomic E-state index is 10.3. The first kappa shape index (κ1) is 9.18. The lowest BCUT2D eigenvalue weighted by Gasteiger charge is -1.97. The Labute approximate surface area is 75.1 Å². The fourth-order valence-corrected chi connectivity index (χ4v) is 0.618. The average Bonchev–Trinajstić information content (AvgIpc) is 2.15. The van der Waals surface area contributed by atoms with Crippen LogP contribution in [0.4, 0.5) is 5.82 Å². The summed E-state index contributed by atoms with van der Waals surface area (Å²) in [7, 11) is 0. The highest BCUT2D eigenvalue weighted by Crippen LogP contribution is 1.98. The number of hydrazone groups is 1. The lowest BCUT2D eigenvalue weighted by atomic mass is 10.4. The summed E-state index contributed by atoms with van der Waals surface area (Å²) in [5.41, 5.74) is 2.51. The number of carboxylic acids is 1. The minimum Gasteiger partial charge on any atom is -0.477 e. The number of hydrogen-bond donors (Lipinski definition) is 2. The quantitative estimate of drug-likeness (QED) is 0.535. The normalized spacial score (nSPS) is 11.0. The molecular weight excluding hydrogens is 170 g/mol. The highest BCUT2D eigenvalue weighted by atomic mass is 16.4. The second-order valence-corrected chi connectivity index (χ2v) is 2.33. The molecule has 1 aromatic heterocycles. The molecule has 0 atom stereocenters. The van der Waals surface area contributed by atoms with Crippen LogP contribution in [0.5, 0.6) is 0 Å². The Hall–Kier alpha value is -1.91. The van der Waals surface area contributed by atoms with Gasteiger partial charge >= 0.3 is 5.97 Å². The largest absolute Gasteiger partial charge is 0.477 e. The van der Waals surface area contributed by atoms with E-state index in [1.54, 1.807) is 24.4 Å². The molecule has 5 nitrogen and oxygen atoms in total. The minimum atomic E-state index is -1.05. The Balaban J connectivity index is 2.62. The van der Waals surface area contributed by atoms with Crippen LogP contribution in [0.25, 0.3) is 0 Å². The van der Waals surface area contributed by atoms with E-state index in [4.69, 9.17) is 5.11 Å². The van der Waals surface area contributed by atoms with Crippen LogP contribution in [-0.2, 0) is 4.79 Å². The molecule has 0 aliphatic heterocycles. The molecule has 0 aliphatic rings. The van der Waals surface area contributed by atoms with Gasteiger partial charge in [-0.25, -0.2) is 9.78 Å². The summed E-state index contributed by atoms with van der Waals surface area (Å²) < 4.78 is 0. The van der Waals surface area contributed by atoms with Gasteiger partial charge in [-0.3, -0.25) is 5.43 Å². The lowest BCUT2D eigenvalue weighted by molar-refractivity contribution is -0.129. The molecule has 2 N–H and O–H groups in total. The summed E-state index contributed by atoms with van der Waals surface area (Å²) in [6.07, 6.45) is 1.59. The molecule has 13 heavy (non-hydrogen) atoms. The molecule has 68 valence electrons. The van der Waals surface area contributed by atoms with Crippen molar-refractivity contribution in [3.63, 3.8) is 0 Å². The fraction of sp³-hybridized carbons (Fsp3) is 0.125. The number of nitrogens with one attached hydrogen (secondary N) is 1. The Morgan fingerprint density at radius 2 is 2.38 bits per heavy atom. The zero-order valence-electron chi connectivity index (χ0n) is 7.06. The number of aromatic nitrogens is 1. The van der Waals surface area contributed by atoms with Crippen LogP contribution in [0.15, 0.2) is 29.5 Å². The van der Waals surface area contributed by atoms with Crippen molar-refractivity contribution in [1.82, 2.24) is 4.98 Å². The molecule has 0 spiro atoms. The van der Waals surface area contributed by atoms with Gasteiger partial charge in [-0.15, -0.1) is 0 Å². The number of aliphatic carboxylic acids is 1. The van der Waals surface area contributed by atoms with Crippen LogP contribution in [-0.4, -0.2) is 21.8 Å². The third-order valence-electron chi connectivity index (χ3n) is 1.31. The molecule has 0 bridgehead atoms. The summed E-state index contributed by atoms with van der Waals surface area (Å²) >= 11 is 0. The summed E-state index contributed by atoms with van der Waals surface area (Å²) in [4.78, 5) is 14.2. The van der Waals surface area contributed by atoms with Crippen molar-refractivity contribution in [2.24, 2.45) is 5.10 Å². The van der Waals surface area contributed by atoms with Gasteiger partial charge in [0, 0.05) is 6.20 Å². The molecule has 1 heterocycles. The van der Waals surface area contributed by atoms with Crippen molar-refractivity contribution in [2.45, 2.75) is 6.92 Å². The van der Waals surface area contributed by atoms with Crippen molar-refractivity contribution in [3.8, 4) is 0 Å². The molecule has 0 aromatic carbocycles. The molecular formula is C8H9N3O2. The van der Waals surface area contributed by atoms with Gasteiger partial charge in [-0.2, -0.15) is 5.10 Å². The zero-order chi connectivity index (χ0) is 9.68. The number of nitrogens with zero attached hydrogens (tertiary/aromatic N) is 2. The van der Waals surface area contributed by atoms with Gasteiger partial charge in [0.25, 0.3) is 0 Å². The number of rotatable bonds is 3. The number of anilines is 1. The second kappa shape index (κ2) is 4.20. The van der Waals surface area contributed by atoms with Crippen LogP contribution in [0.1, 0.15) is 6.92 Å². The predicted octanol–water partition coefficient (Wildman–Crippen LogP) is 0.954. The van der Waals surface area contributed by atoms with Crippen LogP contribution in [0.3, 0.4) is 0 Å². The third-order valence-corrected chi connectivity index (χ3v) is 1.31. The van der Waals surface area contributed by atoms with Gasteiger partial charge in [0.1, 0.15) is 11.5 Å². The van der Waals surface area contributed by atoms with Crippen molar-refractivity contribution in [2.75, 3.05) is 5.43 Å². The maximum Gasteiger partial charge on any atom is 0.351 e. The second-order valence-electron chi connectivity index (χ2n) is 2.33. The van der Waals surface area contributed by atoms with Crippen LogP contribution in [0, 0.1) is 0 Å². The molecule has 0 saturated carbocycles. The number of pyridine rings is 1. The maximum absolute atomic E-state index is 10.3. The fourth-order valence-electron chi connectivity index (χ4n) is 0.618. The first-order valence-electron chi connectivity index (χ1n) is 3.65. The number of carboxylic acid groups (broad SMARTS) is 1. The highest BCUT2D eigenvalue weighted by Gasteiger charge is 2.00. The van der Waals surface area contributed by atoms with Crippen molar-refractivity contribution in [1.29, 1.82) is 0 Å². The van der Waals surface area contributed by atoms with Gasteiger partial charge in [-0.05, 0) is 19.1 Å². The van der Waals surface area contributed by atoms with Gasteiger partial charge in [0.2, 0.25) is 0 Å². The van der Waals surface area contributed by atoms with E-state index < -0.39 is 5.97 Å². The minimum absolute atomic E-state index is 0.00865. The van der Waals surface area contributed by atoms with Crippen molar-refractivity contribution >= 4 is 17.5 Å². The van der Waals surface area contributed by atoms with E-state index in [1.165, 1.54) is 6.92 Å². The van der Waals surface area contributed by atoms with E-state index in [0.717, 1.165) is 0 Å². The molecule has 0 radical (unpaired) electrons. The van der Waals surface area contributed by atoms with E-state index >= 15 is 0 Å². The first-order valence-corrected chi connectivity index (χ1v) is 3.65. The van der Waals surface area contributed by atoms with Gasteiger partial charge in [0.05, 0.1) is 0 Å². The van der Waals surface area contributed by atoms with E-state index in [1.807, 2.05) is 0 Å². The molecule has 1 rings (SSSR count). The lowest BCUT2D eigenvalue weighted by Crippen LogP contribution is -2.10. The van der Waals surface area contributed by atoms with Crippen LogP contribution < -0.4 is 5.43 Å². The summed E-state index contributed by atoms with van der Waals surface area (Å²) in [5.74, 6) is -0.536. The number of hydrogen-bond acceptors (Lipinski definition) is 4. The Morgan fingerprint density at radius 1 is 1.62 bits per heavy atom. The predicted molar refractivity (Wildman–Crippen MR) is 48.6 cm³/mol. The molecule has 0 unspecified atom stereocenters. The van der Waals surface area contributed by atoms with E-state index in [0.29, 0.717) is 5.82 Å². The zero-order valence-corrected chi connectivity index (χ0v) is 7.06. The van der Waals surface area contributed by atoms with Crippen molar-refractivity contribution in [3.05, 3.63) is 24.4 Å². The first-order chi connectivity index (χ1) is 6.20. The Bertz CT molecular complexity index is 321. The summed E-state index contributed by atoms with van der Waals surface area (Å²) in [5, 5.41) is 12.1. The monoisotopic (exact) mass is 179 g/mol. The topological polar surface area (TPSA) is 74.6 Å². The summed E-state index contributed by atoms with van der Waals surface area (Å²) in [6.45, 7) is 1.40. The number of carbonyl (C=O) groups is 1. The summed E-state index contributed by atoms with van der Waals surface area (Å²) in [6, 6.07) is 5.23. The van der Waals surface area contributed by atoms with Gasteiger partial charge < -0.3 is 5.11 Å². The highest BCUT2D eigenvalue weighted by molar-refractivity contribution is 6.34. The Kier molecular flexibility index (Phi) is 2.97. The van der Waals surface area contributed by atoms with E-state index in [9.17, 15) is 4.79 Å². The van der Waals surface area contributed by atoms with E-state index in [-0.39, 0.29) is 5.71 Å². The molecule has 0 saturated heterocycles.